The van der Waals surface area contributed by atoms with E-state index in [9.17, 15) is 4.79 Å². The molecule has 0 saturated heterocycles. The Morgan fingerprint density at radius 1 is 1.46 bits per heavy atom. The first-order valence-electron chi connectivity index (χ1n) is 4.79. The average molecular weight is 187 g/mol. The quantitative estimate of drug-likeness (QED) is 0.611. The largest absolute Gasteiger partial charge is 0.368 e. The minimum Gasteiger partial charge on any atom is -0.368 e. The predicted molar refractivity (Wildman–Crippen MR) is 54.2 cm³/mol. The molecular weight excluding hydrogens is 166 g/mol. The molecule has 1 atom stereocenters. The summed E-state index contributed by atoms with van der Waals surface area (Å²) < 4.78 is 0. The van der Waals surface area contributed by atoms with Gasteiger partial charge in [0.15, 0.2) is 0 Å². The molecule has 4 N–H and O–H groups in total. The highest BCUT2D eigenvalue weighted by Gasteiger charge is 2.23. The van der Waals surface area contributed by atoms with Gasteiger partial charge in [-0.05, 0) is 20.3 Å². The van der Waals surface area contributed by atoms with Crippen molar-refractivity contribution >= 4 is 5.91 Å². The van der Waals surface area contributed by atoms with Crippen molar-refractivity contribution in [3.05, 3.63) is 0 Å². The summed E-state index contributed by atoms with van der Waals surface area (Å²) in [7, 11) is 0. The van der Waals surface area contributed by atoms with E-state index in [-0.39, 0.29) is 11.9 Å². The first-order valence-corrected chi connectivity index (χ1v) is 4.79. The molecule has 0 aliphatic rings. The SMILES string of the molecule is CCC(C(N)=O)N(CCN)C(C)C. The lowest BCUT2D eigenvalue weighted by Gasteiger charge is -2.31. The number of carbonyl (C=O) groups is 1. The van der Waals surface area contributed by atoms with Crippen molar-refractivity contribution in [3.8, 4) is 0 Å². The molecule has 0 radical (unpaired) electrons. The molecule has 4 heteroatoms. The van der Waals surface area contributed by atoms with Gasteiger partial charge in [0, 0.05) is 19.1 Å². The van der Waals surface area contributed by atoms with Crippen molar-refractivity contribution in [2.24, 2.45) is 11.5 Å². The maximum absolute atomic E-state index is 11.1. The van der Waals surface area contributed by atoms with Crippen LogP contribution in [0.15, 0.2) is 0 Å². The summed E-state index contributed by atoms with van der Waals surface area (Å²) >= 11 is 0. The van der Waals surface area contributed by atoms with Crippen molar-refractivity contribution in [1.29, 1.82) is 0 Å². The topological polar surface area (TPSA) is 72.4 Å². The normalized spacial score (nSPS) is 13.7. The lowest BCUT2D eigenvalue weighted by molar-refractivity contribution is -0.124. The third kappa shape index (κ3) is 3.74. The van der Waals surface area contributed by atoms with Gasteiger partial charge >= 0.3 is 0 Å². The van der Waals surface area contributed by atoms with Gasteiger partial charge in [-0.15, -0.1) is 0 Å². The Balaban J connectivity index is 4.38. The second-order valence-corrected chi connectivity index (χ2v) is 3.45. The molecule has 0 aromatic carbocycles. The number of amides is 1. The van der Waals surface area contributed by atoms with Gasteiger partial charge in [-0.1, -0.05) is 6.92 Å². The Bertz CT molecular complexity index is 159. The van der Waals surface area contributed by atoms with E-state index in [1.54, 1.807) is 0 Å². The summed E-state index contributed by atoms with van der Waals surface area (Å²) in [5.74, 6) is -0.260. The van der Waals surface area contributed by atoms with Gasteiger partial charge in [0.05, 0.1) is 6.04 Å². The van der Waals surface area contributed by atoms with E-state index >= 15 is 0 Å². The van der Waals surface area contributed by atoms with Crippen LogP contribution in [0.2, 0.25) is 0 Å². The Kier molecular flexibility index (Phi) is 5.66. The molecule has 0 heterocycles. The molecule has 1 amide bonds. The molecule has 0 aromatic rings. The van der Waals surface area contributed by atoms with E-state index < -0.39 is 0 Å². The Labute approximate surface area is 80.3 Å². The van der Waals surface area contributed by atoms with Crippen molar-refractivity contribution in [3.63, 3.8) is 0 Å². The van der Waals surface area contributed by atoms with Crippen LogP contribution in [0.1, 0.15) is 27.2 Å². The lowest BCUT2D eigenvalue weighted by Crippen LogP contribution is -2.49. The van der Waals surface area contributed by atoms with Gasteiger partial charge in [-0.2, -0.15) is 0 Å². The number of nitrogens with zero attached hydrogens (tertiary/aromatic N) is 1. The van der Waals surface area contributed by atoms with Gasteiger partial charge in [-0.25, -0.2) is 0 Å². The smallest absolute Gasteiger partial charge is 0.234 e. The molecule has 13 heavy (non-hydrogen) atoms. The van der Waals surface area contributed by atoms with Gasteiger partial charge in [0.25, 0.3) is 0 Å². The molecule has 0 aromatic heterocycles. The van der Waals surface area contributed by atoms with Crippen LogP contribution in [0.4, 0.5) is 0 Å². The average Bonchev–Trinajstić information content (AvgIpc) is 2.03. The fraction of sp³-hybridized carbons (Fsp3) is 0.889. The fourth-order valence-electron chi connectivity index (χ4n) is 1.52. The number of primary amides is 1. The van der Waals surface area contributed by atoms with Crippen molar-refractivity contribution in [2.45, 2.75) is 39.3 Å². The van der Waals surface area contributed by atoms with E-state index in [2.05, 4.69) is 0 Å². The highest BCUT2D eigenvalue weighted by atomic mass is 16.1. The van der Waals surface area contributed by atoms with Crippen LogP contribution in [0, 0.1) is 0 Å². The van der Waals surface area contributed by atoms with Gasteiger partial charge in [0.2, 0.25) is 5.91 Å². The van der Waals surface area contributed by atoms with Crippen LogP contribution in [-0.2, 0) is 4.79 Å². The first kappa shape index (κ1) is 12.4. The van der Waals surface area contributed by atoms with Crippen LogP contribution < -0.4 is 11.5 Å². The molecule has 0 fully saturated rings. The maximum Gasteiger partial charge on any atom is 0.234 e. The van der Waals surface area contributed by atoms with Gasteiger partial charge in [-0.3, -0.25) is 9.69 Å². The number of carbonyl (C=O) groups excluding carboxylic acids is 1. The molecule has 0 bridgehead atoms. The predicted octanol–water partition coefficient (Wildman–Crippen LogP) is -0.0806. The summed E-state index contributed by atoms with van der Waals surface area (Å²) in [6.07, 6.45) is 0.744. The zero-order valence-electron chi connectivity index (χ0n) is 8.79. The number of hydrogen-bond donors (Lipinski definition) is 2. The Hall–Kier alpha value is -0.610. The summed E-state index contributed by atoms with van der Waals surface area (Å²) in [4.78, 5) is 13.1. The van der Waals surface area contributed by atoms with Crippen LogP contribution in [0.5, 0.6) is 0 Å². The molecule has 78 valence electrons. The summed E-state index contributed by atoms with van der Waals surface area (Å²) in [6, 6.07) is 0.129. The minimum absolute atomic E-state index is 0.177. The van der Waals surface area contributed by atoms with E-state index in [1.807, 2.05) is 25.7 Å². The zero-order chi connectivity index (χ0) is 10.4. The van der Waals surface area contributed by atoms with Crippen LogP contribution in [0.3, 0.4) is 0 Å². The standard InChI is InChI=1S/C9H21N3O/c1-4-8(9(11)13)12(6-5-10)7(2)3/h7-8H,4-6,10H2,1-3H3,(H2,11,13). The van der Waals surface area contributed by atoms with Gasteiger partial charge < -0.3 is 11.5 Å². The monoisotopic (exact) mass is 187 g/mol. The maximum atomic E-state index is 11.1. The molecule has 0 rings (SSSR count). The number of nitrogens with two attached hydrogens (primary N) is 2. The van der Waals surface area contributed by atoms with Crippen LogP contribution >= 0.6 is 0 Å². The summed E-state index contributed by atoms with van der Waals surface area (Å²) in [6.45, 7) is 7.32. The third-order valence-corrected chi connectivity index (χ3v) is 2.17. The third-order valence-electron chi connectivity index (χ3n) is 2.17. The molecule has 0 saturated carbocycles. The Morgan fingerprint density at radius 3 is 2.23 bits per heavy atom. The second-order valence-electron chi connectivity index (χ2n) is 3.45. The number of rotatable bonds is 6. The minimum atomic E-state index is -0.260. The molecule has 0 spiro atoms. The molecule has 1 unspecified atom stereocenters. The summed E-state index contributed by atoms with van der Waals surface area (Å²) in [5.41, 5.74) is 10.8. The molecular formula is C9H21N3O. The van der Waals surface area contributed by atoms with E-state index in [0.29, 0.717) is 12.6 Å². The van der Waals surface area contributed by atoms with Crippen LogP contribution in [-0.4, -0.2) is 36.0 Å². The van der Waals surface area contributed by atoms with E-state index in [4.69, 9.17) is 11.5 Å². The van der Waals surface area contributed by atoms with E-state index in [1.165, 1.54) is 0 Å². The van der Waals surface area contributed by atoms with E-state index in [0.717, 1.165) is 13.0 Å². The molecule has 4 nitrogen and oxygen atoms in total. The highest BCUT2D eigenvalue weighted by Crippen LogP contribution is 2.07. The Morgan fingerprint density at radius 2 is 2.00 bits per heavy atom. The van der Waals surface area contributed by atoms with Crippen molar-refractivity contribution in [1.82, 2.24) is 4.90 Å². The van der Waals surface area contributed by atoms with Crippen molar-refractivity contribution in [2.75, 3.05) is 13.1 Å². The first-order chi connectivity index (χ1) is 6.04. The molecule has 0 aliphatic heterocycles. The molecule has 0 aliphatic carbocycles. The van der Waals surface area contributed by atoms with Gasteiger partial charge in [0.1, 0.15) is 0 Å². The lowest BCUT2D eigenvalue weighted by atomic mass is 10.1. The van der Waals surface area contributed by atoms with Crippen LogP contribution in [0.25, 0.3) is 0 Å². The summed E-state index contributed by atoms with van der Waals surface area (Å²) in [5, 5.41) is 0. The fourth-order valence-corrected chi connectivity index (χ4v) is 1.52. The second kappa shape index (κ2) is 5.94. The van der Waals surface area contributed by atoms with Crippen molar-refractivity contribution < 1.29 is 4.79 Å². The highest BCUT2D eigenvalue weighted by molar-refractivity contribution is 5.79. The number of hydrogen-bond acceptors (Lipinski definition) is 3. The zero-order valence-corrected chi connectivity index (χ0v) is 8.79.